The lowest BCUT2D eigenvalue weighted by Crippen LogP contribution is -2.40. The topological polar surface area (TPSA) is 115 Å². The summed E-state index contributed by atoms with van der Waals surface area (Å²) < 4.78 is 11.3. The summed E-state index contributed by atoms with van der Waals surface area (Å²) in [6, 6.07) is 10.8. The molecule has 0 bridgehead atoms. The largest absolute Gasteiger partial charge is 0.481 e. The van der Waals surface area contributed by atoms with Crippen molar-refractivity contribution in [2.75, 3.05) is 0 Å². The molecule has 1 amide bonds. The van der Waals surface area contributed by atoms with Crippen LogP contribution < -0.4 is 0 Å². The first-order chi connectivity index (χ1) is 16.0. The fourth-order valence-corrected chi connectivity index (χ4v) is 5.40. The maximum atomic E-state index is 13.7. The zero-order valence-electron chi connectivity index (χ0n) is 18.6. The normalized spacial score (nSPS) is 15.6. The number of carbonyl (C=O) groups excluding carboxylic acids is 1. The first kappa shape index (κ1) is 26.7. The van der Waals surface area contributed by atoms with E-state index in [4.69, 9.17) is 23.2 Å². The second-order valence-corrected chi connectivity index (χ2v) is 11.2. The third-order valence-electron chi connectivity index (χ3n) is 6.07. The first-order valence-corrected chi connectivity index (χ1v) is 13.7. The lowest BCUT2D eigenvalue weighted by atomic mass is 9.87. The number of benzene rings is 2. The van der Waals surface area contributed by atoms with Crippen LogP contribution in [0.1, 0.15) is 61.3 Å². The molecule has 7 nitrogen and oxygen atoms in total. The molecule has 34 heavy (non-hydrogen) atoms. The van der Waals surface area contributed by atoms with Crippen LogP contribution in [0.25, 0.3) is 0 Å². The van der Waals surface area contributed by atoms with Crippen LogP contribution in [0.3, 0.4) is 0 Å². The van der Waals surface area contributed by atoms with Crippen molar-refractivity contribution in [2.45, 2.75) is 57.3 Å². The molecule has 3 N–H and O–H groups in total. The van der Waals surface area contributed by atoms with Crippen molar-refractivity contribution in [1.82, 2.24) is 4.90 Å². The second kappa shape index (κ2) is 11.7. The van der Waals surface area contributed by atoms with E-state index in [0.29, 0.717) is 16.1 Å². The average molecular weight is 528 g/mol. The van der Waals surface area contributed by atoms with Gasteiger partial charge in [-0.1, -0.05) is 72.8 Å². The van der Waals surface area contributed by atoms with Gasteiger partial charge in [0, 0.05) is 12.5 Å². The quantitative estimate of drug-likeness (QED) is 0.355. The summed E-state index contributed by atoms with van der Waals surface area (Å²) in [6.45, 7) is 0.156. The number of aliphatic carboxylic acids is 1. The lowest BCUT2D eigenvalue weighted by Gasteiger charge is -2.35. The number of carboxylic acids is 1. The van der Waals surface area contributed by atoms with E-state index in [2.05, 4.69) is 0 Å². The van der Waals surface area contributed by atoms with E-state index in [1.165, 1.54) is 0 Å². The molecule has 1 aliphatic rings. The summed E-state index contributed by atoms with van der Waals surface area (Å²) in [5.41, 5.74) is 1.79. The van der Waals surface area contributed by atoms with Gasteiger partial charge in [0.2, 0.25) is 5.91 Å². The predicted octanol–water partition coefficient (Wildman–Crippen LogP) is 5.80. The van der Waals surface area contributed by atoms with Crippen LogP contribution in [0.5, 0.6) is 0 Å². The fraction of sp³-hybridized carbons (Fsp3) is 0.417. The van der Waals surface area contributed by atoms with Gasteiger partial charge in [-0.2, -0.15) is 0 Å². The summed E-state index contributed by atoms with van der Waals surface area (Å²) in [5, 5.41) is 10.3. The van der Waals surface area contributed by atoms with Crippen LogP contribution in [0.2, 0.25) is 10.0 Å². The second-order valence-electron chi connectivity index (χ2n) is 8.73. The molecule has 184 valence electrons. The molecular weight excluding hydrogens is 500 g/mol. The molecule has 0 saturated heterocycles. The number of amides is 1. The van der Waals surface area contributed by atoms with Crippen molar-refractivity contribution in [2.24, 2.45) is 5.92 Å². The van der Waals surface area contributed by atoms with Crippen molar-refractivity contribution in [3.63, 3.8) is 0 Å². The van der Waals surface area contributed by atoms with E-state index in [0.717, 1.165) is 37.7 Å². The Morgan fingerprint density at radius 3 is 2.15 bits per heavy atom. The van der Waals surface area contributed by atoms with Gasteiger partial charge in [-0.05, 0) is 41.7 Å². The number of nitrogens with zero attached hydrogens (tertiary/aromatic N) is 1. The molecule has 1 aliphatic carbocycles. The van der Waals surface area contributed by atoms with Gasteiger partial charge in [0.05, 0.1) is 28.7 Å². The Morgan fingerprint density at radius 2 is 1.59 bits per heavy atom. The van der Waals surface area contributed by atoms with Gasteiger partial charge in [-0.3, -0.25) is 14.2 Å². The molecule has 1 saturated carbocycles. The van der Waals surface area contributed by atoms with Gasteiger partial charge in [0.15, 0.2) is 0 Å². The van der Waals surface area contributed by atoms with Crippen LogP contribution in [-0.2, 0) is 26.9 Å². The van der Waals surface area contributed by atoms with Crippen molar-refractivity contribution >= 4 is 42.7 Å². The van der Waals surface area contributed by atoms with Gasteiger partial charge in [-0.15, -0.1) is 0 Å². The molecule has 1 unspecified atom stereocenters. The minimum absolute atomic E-state index is 0.101. The Hall–Kier alpha value is -1.89. The number of carbonyl (C=O) groups is 2. The summed E-state index contributed by atoms with van der Waals surface area (Å²) in [6.07, 6.45) is 3.84. The van der Waals surface area contributed by atoms with Gasteiger partial charge in [-0.25, -0.2) is 0 Å². The molecule has 0 radical (unpaired) electrons. The monoisotopic (exact) mass is 527 g/mol. The third kappa shape index (κ3) is 7.56. The summed E-state index contributed by atoms with van der Waals surface area (Å²) in [7, 11) is -4.20. The van der Waals surface area contributed by atoms with E-state index in [9.17, 15) is 29.0 Å². The molecule has 2 aromatic rings. The number of rotatable bonds is 9. The number of hydrogen-bond acceptors (Lipinski definition) is 3. The minimum Gasteiger partial charge on any atom is -0.481 e. The molecule has 1 fully saturated rings. The number of carboxylic acid groups (broad SMARTS) is 1. The number of halogens is 2. The summed E-state index contributed by atoms with van der Waals surface area (Å²) in [4.78, 5) is 45.5. The Kier molecular flexibility index (Phi) is 9.19. The van der Waals surface area contributed by atoms with Gasteiger partial charge >= 0.3 is 13.6 Å². The molecule has 1 atom stereocenters. The molecule has 2 aromatic carbocycles. The highest BCUT2D eigenvalue weighted by Crippen LogP contribution is 2.39. The standard InChI is InChI=1S/C24H28Cl2NO6P/c25-20-11-10-19(12-21(20)26)22(13-23(28)29)27(24(30)18-4-2-1-3-5-18)14-16-6-8-17(9-7-16)15-34(31,32)33/h6-12,18,22H,1-5,13-15H2,(H,28,29)(H2,31,32,33). The Balaban J connectivity index is 1.96. The van der Waals surface area contributed by atoms with Crippen molar-refractivity contribution in [3.8, 4) is 0 Å². The summed E-state index contributed by atoms with van der Waals surface area (Å²) in [5.74, 6) is -1.33. The Morgan fingerprint density at radius 1 is 0.971 bits per heavy atom. The van der Waals surface area contributed by atoms with E-state index >= 15 is 0 Å². The Labute approximate surface area is 208 Å². The highest BCUT2D eigenvalue weighted by molar-refractivity contribution is 7.50. The van der Waals surface area contributed by atoms with Gasteiger partial charge in [0.25, 0.3) is 0 Å². The van der Waals surface area contributed by atoms with Gasteiger partial charge < -0.3 is 19.8 Å². The van der Waals surface area contributed by atoms with Crippen molar-refractivity contribution in [3.05, 3.63) is 69.2 Å². The minimum atomic E-state index is -4.20. The van der Waals surface area contributed by atoms with E-state index < -0.39 is 19.6 Å². The lowest BCUT2D eigenvalue weighted by molar-refractivity contribution is -0.144. The molecule has 0 aromatic heterocycles. The highest BCUT2D eigenvalue weighted by Gasteiger charge is 2.33. The maximum absolute atomic E-state index is 13.7. The molecule has 0 aliphatic heterocycles. The SMILES string of the molecule is O=C(O)CC(c1ccc(Cl)c(Cl)c1)N(Cc1ccc(CP(=O)(O)O)cc1)C(=O)C1CCCCC1. The molecule has 0 heterocycles. The van der Waals surface area contributed by atoms with Gasteiger partial charge in [0.1, 0.15) is 0 Å². The van der Waals surface area contributed by atoms with E-state index in [1.54, 1.807) is 47.4 Å². The average Bonchev–Trinajstić information content (AvgIpc) is 2.78. The van der Waals surface area contributed by atoms with Crippen LogP contribution in [0, 0.1) is 5.92 Å². The van der Waals surface area contributed by atoms with E-state index in [-0.39, 0.29) is 36.0 Å². The fourth-order valence-electron chi connectivity index (χ4n) is 4.40. The molecule has 10 heteroatoms. The van der Waals surface area contributed by atoms with Crippen LogP contribution in [-0.4, -0.2) is 31.7 Å². The predicted molar refractivity (Wildman–Crippen MR) is 131 cm³/mol. The van der Waals surface area contributed by atoms with E-state index in [1.807, 2.05) is 0 Å². The first-order valence-electron chi connectivity index (χ1n) is 11.1. The molecule has 0 spiro atoms. The van der Waals surface area contributed by atoms with Crippen LogP contribution in [0.4, 0.5) is 0 Å². The van der Waals surface area contributed by atoms with Crippen LogP contribution >= 0.6 is 30.8 Å². The van der Waals surface area contributed by atoms with Crippen LogP contribution in [0.15, 0.2) is 42.5 Å². The third-order valence-corrected chi connectivity index (χ3v) is 7.59. The maximum Gasteiger partial charge on any atom is 0.329 e. The van der Waals surface area contributed by atoms with Crippen molar-refractivity contribution in [1.29, 1.82) is 0 Å². The molecular formula is C24H28Cl2NO6P. The smallest absolute Gasteiger partial charge is 0.329 e. The zero-order chi connectivity index (χ0) is 24.9. The molecule has 3 rings (SSSR count). The zero-order valence-corrected chi connectivity index (χ0v) is 21.0. The Bertz CT molecular complexity index is 1070. The number of hydrogen-bond donors (Lipinski definition) is 3. The van der Waals surface area contributed by atoms with Crippen molar-refractivity contribution < 1.29 is 29.0 Å². The highest BCUT2D eigenvalue weighted by atomic mass is 35.5. The summed E-state index contributed by atoms with van der Waals surface area (Å²) >= 11 is 12.3.